The lowest BCUT2D eigenvalue weighted by atomic mass is 10.0. The van der Waals surface area contributed by atoms with Gasteiger partial charge in [-0.1, -0.05) is 12.1 Å². The Morgan fingerprint density at radius 3 is 2.77 bits per heavy atom. The van der Waals surface area contributed by atoms with Crippen molar-refractivity contribution in [3.05, 3.63) is 29.8 Å². The molecule has 1 atom stereocenters. The zero-order valence-electron chi connectivity index (χ0n) is 12.3. The van der Waals surface area contributed by atoms with E-state index in [1.807, 2.05) is 0 Å². The Labute approximate surface area is 127 Å². The van der Waals surface area contributed by atoms with Gasteiger partial charge in [-0.05, 0) is 31.5 Å². The minimum atomic E-state index is -4.44. The fourth-order valence-corrected chi connectivity index (χ4v) is 2.45. The number of carbonyl (C=O) groups excluding carboxylic acids is 1. The third-order valence-corrected chi connectivity index (χ3v) is 3.65. The molecule has 1 heterocycles. The molecule has 7 heteroatoms. The number of ether oxygens (including phenoxy) is 1. The molecule has 1 aliphatic heterocycles. The molecule has 1 fully saturated rings. The van der Waals surface area contributed by atoms with Crippen molar-refractivity contribution in [1.82, 2.24) is 10.2 Å². The minimum Gasteiger partial charge on any atom is -0.483 e. The number of piperidine rings is 1. The lowest BCUT2D eigenvalue weighted by Gasteiger charge is -2.32. The Bertz CT molecular complexity index is 514. The Kier molecular flexibility index (Phi) is 5.28. The van der Waals surface area contributed by atoms with Crippen LogP contribution in [0.5, 0.6) is 5.75 Å². The molecule has 0 bridgehead atoms. The molecule has 0 aliphatic carbocycles. The van der Waals surface area contributed by atoms with Gasteiger partial charge in [0.05, 0.1) is 5.56 Å². The van der Waals surface area contributed by atoms with Gasteiger partial charge in [0.15, 0.2) is 6.61 Å². The van der Waals surface area contributed by atoms with Gasteiger partial charge in [-0.2, -0.15) is 13.2 Å². The molecule has 22 heavy (non-hydrogen) atoms. The van der Waals surface area contributed by atoms with Gasteiger partial charge in [-0.3, -0.25) is 4.79 Å². The number of alkyl halides is 3. The van der Waals surface area contributed by atoms with Crippen LogP contribution in [0.2, 0.25) is 0 Å². The highest BCUT2D eigenvalue weighted by atomic mass is 19.4. The maximum absolute atomic E-state index is 12.5. The van der Waals surface area contributed by atoms with Crippen LogP contribution >= 0.6 is 0 Å². The second-order valence-electron chi connectivity index (χ2n) is 5.32. The number of carbonyl (C=O) groups is 1. The summed E-state index contributed by atoms with van der Waals surface area (Å²) in [5.41, 5.74) is 0.153. The van der Waals surface area contributed by atoms with Crippen molar-refractivity contribution in [2.75, 3.05) is 26.7 Å². The minimum absolute atomic E-state index is 0.0388. The summed E-state index contributed by atoms with van der Waals surface area (Å²) in [6.07, 6.45) is -2.59. The first-order valence-electron chi connectivity index (χ1n) is 7.15. The number of hydrogen-bond donors (Lipinski definition) is 1. The second-order valence-corrected chi connectivity index (χ2v) is 5.32. The monoisotopic (exact) mass is 316 g/mol. The maximum atomic E-state index is 12.5. The number of rotatable bonds is 4. The lowest BCUT2D eigenvalue weighted by Crippen LogP contribution is -2.46. The Balaban J connectivity index is 2.11. The Morgan fingerprint density at radius 2 is 2.14 bits per heavy atom. The van der Waals surface area contributed by atoms with E-state index < -0.39 is 12.8 Å². The van der Waals surface area contributed by atoms with Crippen molar-refractivity contribution >= 4 is 5.91 Å². The van der Waals surface area contributed by atoms with Crippen LogP contribution in [0, 0.1) is 0 Å². The third kappa shape index (κ3) is 4.37. The van der Waals surface area contributed by atoms with E-state index in [0.29, 0.717) is 6.54 Å². The molecule has 0 spiro atoms. The van der Waals surface area contributed by atoms with E-state index in [0.717, 1.165) is 19.4 Å². The quantitative estimate of drug-likeness (QED) is 0.928. The molecule has 0 radical (unpaired) electrons. The largest absolute Gasteiger partial charge is 0.483 e. The number of likely N-dealkylation sites (N-methyl/N-ethyl adjacent to an activating group) is 1. The van der Waals surface area contributed by atoms with E-state index in [4.69, 9.17) is 4.74 Å². The zero-order chi connectivity index (χ0) is 16.2. The molecule has 0 saturated carbocycles. The number of hydrogen-bond acceptors (Lipinski definition) is 3. The molecule has 122 valence electrons. The van der Waals surface area contributed by atoms with E-state index in [1.54, 1.807) is 24.1 Å². The summed E-state index contributed by atoms with van der Waals surface area (Å²) >= 11 is 0. The SMILES string of the molecule is CN(C(=O)c1ccccc1OCC(F)(F)F)[C@@H]1CCCNC1. The van der Waals surface area contributed by atoms with Crippen LogP contribution in [0.1, 0.15) is 23.2 Å². The van der Waals surface area contributed by atoms with E-state index >= 15 is 0 Å². The molecule has 0 unspecified atom stereocenters. The molecule has 1 saturated heterocycles. The topological polar surface area (TPSA) is 41.6 Å². The first kappa shape index (κ1) is 16.6. The van der Waals surface area contributed by atoms with Gasteiger partial charge in [0.25, 0.3) is 5.91 Å². The summed E-state index contributed by atoms with van der Waals surface area (Å²) in [5.74, 6) is -0.369. The van der Waals surface area contributed by atoms with Crippen LogP contribution < -0.4 is 10.1 Å². The van der Waals surface area contributed by atoms with Crippen LogP contribution in [0.3, 0.4) is 0 Å². The molecule has 4 nitrogen and oxygen atoms in total. The highest BCUT2D eigenvalue weighted by Crippen LogP contribution is 2.24. The molecule has 1 aromatic carbocycles. The number of nitrogens with zero attached hydrogens (tertiary/aromatic N) is 1. The van der Waals surface area contributed by atoms with E-state index in [-0.39, 0.29) is 23.3 Å². The van der Waals surface area contributed by atoms with E-state index in [2.05, 4.69) is 5.32 Å². The van der Waals surface area contributed by atoms with Crippen LogP contribution in [0.25, 0.3) is 0 Å². The number of halogens is 3. The van der Waals surface area contributed by atoms with E-state index in [9.17, 15) is 18.0 Å². The van der Waals surface area contributed by atoms with Crippen molar-refractivity contribution in [3.63, 3.8) is 0 Å². The summed E-state index contributed by atoms with van der Waals surface area (Å²) in [6, 6.07) is 6.06. The summed E-state index contributed by atoms with van der Waals surface area (Å²) < 4.78 is 41.7. The van der Waals surface area contributed by atoms with Crippen molar-refractivity contribution in [1.29, 1.82) is 0 Å². The molecular formula is C15H19F3N2O2. The summed E-state index contributed by atoms with van der Waals surface area (Å²) in [7, 11) is 1.67. The van der Waals surface area contributed by atoms with Crippen LogP contribution in [0.4, 0.5) is 13.2 Å². The van der Waals surface area contributed by atoms with Crippen molar-refractivity contribution in [3.8, 4) is 5.75 Å². The number of para-hydroxylation sites is 1. The molecule has 1 aromatic rings. The smallest absolute Gasteiger partial charge is 0.422 e. The van der Waals surface area contributed by atoms with Gasteiger partial charge in [-0.15, -0.1) is 0 Å². The predicted octanol–water partition coefficient (Wildman–Crippen LogP) is 2.45. The Morgan fingerprint density at radius 1 is 1.41 bits per heavy atom. The van der Waals surface area contributed by atoms with Crippen LogP contribution in [0.15, 0.2) is 24.3 Å². The first-order valence-corrected chi connectivity index (χ1v) is 7.15. The normalized spacial score (nSPS) is 18.8. The van der Waals surface area contributed by atoms with Gasteiger partial charge < -0.3 is 15.0 Å². The van der Waals surface area contributed by atoms with Crippen molar-refractivity contribution in [2.45, 2.75) is 25.1 Å². The molecule has 1 amide bonds. The molecule has 1 N–H and O–H groups in total. The van der Waals surface area contributed by atoms with Crippen LogP contribution in [-0.2, 0) is 0 Å². The highest BCUT2D eigenvalue weighted by Gasteiger charge is 2.30. The van der Waals surface area contributed by atoms with Gasteiger partial charge in [0, 0.05) is 19.6 Å². The summed E-state index contributed by atoms with van der Waals surface area (Å²) in [6.45, 7) is 0.198. The Hall–Kier alpha value is -1.76. The third-order valence-electron chi connectivity index (χ3n) is 3.65. The average Bonchev–Trinajstić information content (AvgIpc) is 2.52. The van der Waals surface area contributed by atoms with E-state index in [1.165, 1.54) is 12.1 Å². The van der Waals surface area contributed by atoms with Gasteiger partial charge in [0.2, 0.25) is 0 Å². The molecule has 2 rings (SSSR count). The fraction of sp³-hybridized carbons (Fsp3) is 0.533. The standard InChI is InChI=1S/C15H19F3N2O2/c1-20(11-5-4-8-19-9-11)14(21)12-6-2-3-7-13(12)22-10-15(16,17)18/h2-3,6-7,11,19H,4-5,8-10H2,1H3/t11-/m1/s1. The maximum Gasteiger partial charge on any atom is 0.422 e. The molecular weight excluding hydrogens is 297 g/mol. The fourth-order valence-electron chi connectivity index (χ4n) is 2.45. The average molecular weight is 316 g/mol. The zero-order valence-corrected chi connectivity index (χ0v) is 12.3. The van der Waals surface area contributed by atoms with Gasteiger partial charge in [0.1, 0.15) is 5.75 Å². The summed E-state index contributed by atoms with van der Waals surface area (Å²) in [4.78, 5) is 14.1. The molecule has 0 aromatic heterocycles. The second kappa shape index (κ2) is 7.00. The number of amides is 1. The lowest BCUT2D eigenvalue weighted by molar-refractivity contribution is -0.153. The van der Waals surface area contributed by atoms with Crippen molar-refractivity contribution < 1.29 is 22.7 Å². The van der Waals surface area contributed by atoms with Crippen LogP contribution in [-0.4, -0.2) is 49.8 Å². The number of nitrogens with one attached hydrogen (secondary N) is 1. The predicted molar refractivity (Wildman–Crippen MR) is 76.0 cm³/mol. The highest BCUT2D eigenvalue weighted by molar-refractivity contribution is 5.97. The number of benzene rings is 1. The van der Waals surface area contributed by atoms with Crippen molar-refractivity contribution in [2.24, 2.45) is 0 Å². The molecule has 1 aliphatic rings. The van der Waals surface area contributed by atoms with Gasteiger partial charge >= 0.3 is 6.18 Å². The van der Waals surface area contributed by atoms with Gasteiger partial charge in [-0.25, -0.2) is 0 Å². The first-order chi connectivity index (χ1) is 10.4. The summed E-state index contributed by atoms with van der Waals surface area (Å²) in [5, 5.41) is 3.21.